The minimum absolute atomic E-state index is 0.154. The average molecular weight is 415 g/mol. The summed E-state index contributed by atoms with van der Waals surface area (Å²) >= 11 is 2.98. The smallest absolute Gasteiger partial charge is 0.263 e. The molecule has 1 amide bonds. The molecule has 0 bridgehead atoms. The standard InChI is InChI=1S/C19H18N4O3S2/c1-19(2,3)13-7-14(22-26-13)21-15(24)8-23-10-20-17-16(18(23)25)11(9-28-17)12-5-4-6-27-12/h4-7,9-10H,8H2,1-3H3,(H,21,22,24). The first-order valence-corrected chi connectivity index (χ1v) is 10.4. The number of amides is 1. The number of anilines is 1. The molecule has 0 unspecified atom stereocenters. The lowest BCUT2D eigenvalue weighted by molar-refractivity contribution is -0.116. The second-order valence-corrected chi connectivity index (χ2v) is 9.16. The predicted molar refractivity (Wildman–Crippen MR) is 111 cm³/mol. The Bertz CT molecular complexity index is 1200. The maximum absolute atomic E-state index is 12.9. The van der Waals surface area contributed by atoms with Crippen LogP contribution in [0, 0.1) is 0 Å². The van der Waals surface area contributed by atoms with Crippen molar-refractivity contribution in [3.8, 4) is 10.4 Å². The Morgan fingerprint density at radius 2 is 2.14 bits per heavy atom. The maximum atomic E-state index is 12.9. The number of carbonyl (C=O) groups excluding carboxylic acids is 1. The third kappa shape index (κ3) is 3.50. The summed E-state index contributed by atoms with van der Waals surface area (Å²) in [5, 5.41) is 11.0. The molecule has 0 fully saturated rings. The molecule has 1 N–H and O–H groups in total. The number of rotatable bonds is 4. The summed E-state index contributed by atoms with van der Waals surface area (Å²) in [6.07, 6.45) is 1.41. The van der Waals surface area contributed by atoms with Crippen LogP contribution >= 0.6 is 22.7 Å². The molecule has 0 aliphatic carbocycles. The molecule has 28 heavy (non-hydrogen) atoms. The van der Waals surface area contributed by atoms with Gasteiger partial charge in [-0.2, -0.15) is 0 Å². The topological polar surface area (TPSA) is 90.0 Å². The second kappa shape index (κ2) is 6.99. The highest BCUT2D eigenvalue weighted by Crippen LogP contribution is 2.33. The monoisotopic (exact) mass is 414 g/mol. The van der Waals surface area contributed by atoms with Gasteiger partial charge in [0.15, 0.2) is 5.82 Å². The third-order valence-electron chi connectivity index (χ3n) is 4.18. The Hall–Kier alpha value is -2.78. The van der Waals surface area contributed by atoms with E-state index >= 15 is 0 Å². The summed E-state index contributed by atoms with van der Waals surface area (Å²) in [6.45, 7) is 5.82. The number of fused-ring (bicyclic) bond motifs is 1. The molecule has 4 rings (SSSR count). The summed E-state index contributed by atoms with van der Waals surface area (Å²) in [6, 6.07) is 5.60. The number of hydrogen-bond acceptors (Lipinski definition) is 7. The van der Waals surface area contributed by atoms with Crippen molar-refractivity contribution in [1.29, 1.82) is 0 Å². The molecule has 0 atom stereocenters. The molecular formula is C19H18N4O3S2. The number of carbonyl (C=O) groups is 1. The number of hydrogen-bond donors (Lipinski definition) is 1. The SMILES string of the molecule is CC(C)(C)c1cc(NC(=O)Cn2cnc3scc(-c4cccs4)c3c2=O)no1. The van der Waals surface area contributed by atoms with E-state index in [-0.39, 0.29) is 23.4 Å². The number of nitrogens with one attached hydrogen (secondary N) is 1. The van der Waals surface area contributed by atoms with Gasteiger partial charge in [0.1, 0.15) is 17.1 Å². The van der Waals surface area contributed by atoms with E-state index in [1.807, 2.05) is 43.7 Å². The van der Waals surface area contributed by atoms with Crippen LogP contribution in [0.4, 0.5) is 5.82 Å². The lowest BCUT2D eigenvalue weighted by atomic mass is 9.93. The van der Waals surface area contributed by atoms with Gasteiger partial charge in [-0.1, -0.05) is 32.0 Å². The zero-order valence-electron chi connectivity index (χ0n) is 15.6. The first-order chi connectivity index (χ1) is 13.3. The van der Waals surface area contributed by atoms with Crippen LogP contribution < -0.4 is 10.9 Å². The van der Waals surface area contributed by atoms with Gasteiger partial charge < -0.3 is 9.84 Å². The number of aromatic nitrogens is 3. The largest absolute Gasteiger partial charge is 0.359 e. The molecule has 144 valence electrons. The molecular weight excluding hydrogens is 396 g/mol. The van der Waals surface area contributed by atoms with Crippen molar-refractivity contribution in [1.82, 2.24) is 14.7 Å². The van der Waals surface area contributed by atoms with Gasteiger partial charge in [-0.05, 0) is 11.4 Å². The average Bonchev–Trinajstić information content (AvgIpc) is 3.35. The fourth-order valence-electron chi connectivity index (χ4n) is 2.72. The molecule has 0 spiro atoms. The van der Waals surface area contributed by atoms with E-state index < -0.39 is 0 Å². The molecule has 4 aromatic rings. The highest BCUT2D eigenvalue weighted by Gasteiger charge is 2.21. The van der Waals surface area contributed by atoms with Gasteiger partial charge in [0.2, 0.25) is 5.91 Å². The summed E-state index contributed by atoms with van der Waals surface area (Å²) < 4.78 is 6.58. The van der Waals surface area contributed by atoms with Crippen molar-refractivity contribution < 1.29 is 9.32 Å². The fraction of sp³-hybridized carbons (Fsp3) is 0.263. The quantitative estimate of drug-likeness (QED) is 0.543. The Kier molecular flexibility index (Phi) is 4.64. The number of thiophene rings is 2. The molecule has 9 heteroatoms. The lowest BCUT2D eigenvalue weighted by Crippen LogP contribution is -2.27. The molecule has 0 saturated carbocycles. The molecule has 7 nitrogen and oxygen atoms in total. The highest BCUT2D eigenvalue weighted by molar-refractivity contribution is 7.18. The van der Waals surface area contributed by atoms with E-state index in [0.29, 0.717) is 21.8 Å². The van der Waals surface area contributed by atoms with Crippen LogP contribution in [0.2, 0.25) is 0 Å². The van der Waals surface area contributed by atoms with Crippen LogP contribution in [-0.2, 0) is 16.8 Å². The van der Waals surface area contributed by atoms with Crippen molar-refractivity contribution in [2.24, 2.45) is 0 Å². The van der Waals surface area contributed by atoms with E-state index in [2.05, 4.69) is 15.5 Å². The van der Waals surface area contributed by atoms with Crippen LogP contribution in [0.1, 0.15) is 26.5 Å². The van der Waals surface area contributed by atoms with E-state index in [9.17, 15) is 9.59 Å². The molecule has 0 aliphatic heterocycles. The number of nitrogens with zero attached hydrogens (tertiary/aromatic N) is 3. The minimum atomic E-state index is -0.370. The van der Waals surface area contributed by atoms with Crippen LogP contribution in [0.15, 0.2) is 44.6 Å². The van der Waals surface area contributed by atoms with Gasteiger partial charge in [-0.3, -0.25) is 14.2 Å². The normalized spacial score (nSPS) is 11.8. The van der Waals surface area contributed by atoms with Crippen molar-refractivity contribution in [2.45, 2.75) is 32.7 Å². The summed E-state index contributed by atoms with van der Waals surface area (Å²) in [5.74, 6) is 0.624. The summed E-state index contributed by atoms with van der Waals surface area (Å²) in [4.78, 5) is 31.4. The Labute approximate surface area is 168 Å². The van der Waals surface area contributed by atoms with E-state index in [1.54, 1.807) is 17.4 Å². The maximum Gasteiger partial charge on any atom is 0.263 e. The molecule has 4 aromatic heterocycles. The third-order valence-corrected chi connectivity index (χ3v) is 5.97. The van der Waals surface area contributed by atoms with Crippen LogP contribution in [0.25, 0.3) is 20.7 Å². The van der Waals surface area contributed by atoms with Gasteiger partial charge in [0.25, 0.3) is 5.56 Å². The van der Waals surface area contributed by atoms with E-state index in [0.717, 1.165) is 10.4 Å². The minimum Gasteiger partial charge on any atom is -0.359 e. The van der Waals surface area contributed by atoms with Gasteiger partial charge >= 0.3 is 0 Å². The lowest BCUT2D eigenvalue weighted by Gasteiger charge is -2.12. The van der Waals surface area contributed by atoms with Crippen LogP contribution in [0.3, 0.4) is 0 Å². The first-order valence-electron chi connectivity index (χ1n) is 8.60. The summed E-state index contributed by atoms with van der Waals surface area (Å²) in [7, 11) is 0. The predicted octanol–water partition coefficient (Wildman–Crippen LogP) is 4.11. The van der Waals surface area contributed by atoms with Crippen LogP contribution in [0.5, 0.6) is 0 Å². The Morgan fingerprint density at radius 3 is 2.82 bits per heavy atom. The van der Waals surface area contributed by atoms with Gasteiger partial charge in [0, 0.05) is 27.3 Å². The van der Waals surface area contributed by atoms with E-state index in [4.69, 9.17) is 4.52 Å². The van der Waals surface area contributed by atoms with Gasteiger partial charge in [-0.15, -0.1) is 22.7 Å². The molecule has 0 aromatic carbocycles. The zero-order chi connectivity index (χ0) is 19.9. The zero-order valence-corrected chi connectivity index (χ0v) is 17.2. The molecule has 4 heterocycles. The summed E-state index contributed by atoms with van der Waals surface area (Å²) in [5.41, 5.74) is 0.410. The molecule has 0 radical (unpaired) electrons. The fourth-order valence-corrected chi connectivity index (χ4v) is 4.44. The van der Waals surface area contributed by atoms with Crippen molar-refractivity contribution in [3.63, 3.8) is 0 Å². The highest BCUT2D eigenvalue weighted by atomic mass is 32.1. The van der Waals surface area contributed by atoms with Crippen molar-refractivity contribution in [3.05, 3.63) is 51.4 Å². The molecule has 0 saturated heterocycles. The van der Waals surface area contributed by atoms with Crippen molar-refractivity contribution >= 4 is 44.6 Å². The van der Waals surface area contributed by atoms with Gasteiger partial charge in [0.05, 0.1) is 11.7 Å². The van der Waals surface area contributed by atoms with Crippen LogP contribution in [-0.4, -0.2) is 20.6 Å². The molecule has 0 aliphatic rings. The Balaban J connectivity index is 1.59. The van der Waals surface area contributed by atoms with Crippen molar-refractivity contribution in [2.75, 3.05) is 5.32 Å². The van der Waals surface area contributed by atoms with E-state index in [1.165, 1.54) is 22.2 Å². The first kappa shape index (κ1) is 18.6. The Morgan fingerprint density at radius 1 is 1.32 bits per heavy atom. The second-order valence-electron chi connectivity index (χ2n) is 7.36. The van der Waals surface area contributed by atoms with Gasteiger partial charge in [-0.25, -0.2) is 4.98 Å².